The highest BCUT2D eigenvalue weighted by atomic mass is 19.4. The molecule has 0 fully saturated rings. The molecule has 1 aromatic heterocycles. The molecule has 4 aromatic carbocycles. The monoisotopic (exact) mass is 804 g/mol. The van der Waals surface area contributed by atoms with Crippen LogP contribution in [0.1, 0.15) is 44.8 Å². The molecule has 2 aliphatic rings. The van der Waals surface area contributed by atoms with Gasteiger partial charge in [0.15, 0.2) is 0 Å². The first-order valence-electron chi connectivity index (χ1n) is 16.0. The van der Waals surface area contributed by atoms with Crippen LogP contribution in [0.4, 0.5) is 52.7 Å². The van der Waals surface area contributed by atoms with Crippen molar-refractivity contribution in [2.45, 2.75) is 24.7 Å². The Hall–Kier alpha value is -7.44. The molecule has 0 bridgehead atoms. The van der Waals surface area contributed by atoms with E-state index in [-0.39, 0.29) is 79.4 Å². The number of aromatic nitrogens is 2. The number of allylic oxidation sites excluding steroid dienone is 2. The Bertz CT molecular complexity index is 2650. The lowest BCUT2D eigenvalue weighted by atomic mass is 9.92. The van der Waals surface area contributed by atoms with Gasteiger partial charge in [-0.05, 0) is 69.8 Å². The van der Waals surface area contributed by atoms with E-state index in [1.807, 2.05) is 0 Å². The number of hydrogen-bond donors (Lipinski definition) is 0. The van der Waals surface area contributed by atoms with E-state index in [4.69, 9.17) is 0 Å². The second-order valence-electron chi connectivity index (χ2n) is 12.6. The van der Waals surface area contributed by atoms with Crippen LogP contribution in [-0.2, 0) is 24.7 Å². The molecular weight excluding hydrogens is 792 g/mol. The van der Waals surface area contributed by atoms with Gasteiger partial charge in [0, 0.05) is 22.3 Å². The molecule has 0 unspecified atom stereocenters. The number of hydrogen-bond acceptors (Lipinski definition) is 6. The highest BCUT2D eigenvalue weighted by Gasteiger charge is 2.42. The standard InChI is InChI=1S/C40H12F12N6/c41-37(42,43)21-3-7-23(29(11-21)39(47,48)49)17-1-5-25-27(9-17)31(19(13-53)14-54)35-33(25)57-36-32(20(15-55)16-56)28-10-18(2-6-26(28)34(36)58-35)24-8-4-22(38(44,45)46)12-30(24)40(50,51)52/h1-12H. The molecule has 0 atom stereocenters. The molecule has 286 valence electrons. The van der Waals surface area contributed by atoms with Gasteiger partial charge in [-0.25, -0.2) is 9.97 Å². The summed E-state index contributed by atoms with van der Waals surface area (Å²) in [5.41, 5.74) is -10.7. The predicted molar refractivity (Wildman–Crippen MR) is 178 cm³/mol. The molecule has 0 radical (unpaired) electrons. The number of benzene rings is 4. The Kier molecular flexibility index (Phi) is 8.75. The summed E-state index contributed by atoms with van der Waals surface area (Å²) in [4.78, 5) is 9.20. The number of fused-ring (bicyclic) bond motifs is 6. The topological polar surface area (TPSA) is 121 Å². The minimum Gasteiger partial charge on any atom is -0.243 e. The van der Waals surface area contributed by atoms with Crippen molar-refractivity contribution in [3.05, 3.63) is 129 Å². The third kappa shape index (κ3) is 6.25. The quantitative estimate of drug-likeness (QED) is 0.127. The molecular formula is C40H12F12N6. The average molecular weight is 805 g/mol. The second-order valence-corrected chi connectivity index (χ2v) is 12.6. The first-order chi connectivity index (χ1) is 27.1. The highest BCUT2D eigenvalue weighted by Crippen LogP contribution is 2.52. The molecule has 0 N–H and O–H groups in total. The van der Waals surface area contributed by atoms with E-state index < -0.39 is 69.2 Å². The first-order valence-corrected chi connectivity index (χ1v) is 16.0. The Morgan fingerprint density at radius 3 is 1.00 bits per heavy atom. The Balaban J connectivity index is 1.45. The van der Waals surface area contributed by atoms with Crippen LogP contribution in [0.2, 0.25) is 0 Å². The maximum absolute atomic E-state index is 14.1. The zero-order valence-corrected chi connectivity index (χ0v) is 28.1. The van der Waals surface area contributed by atoms with E-state index in [0.29, 0.717) is 24.3 Å². The highest BCUT2D eigenvalue weighted by molar-refractivity contribution is 6.07. The summed E-state index contributed by atoms with van der Waals surface area (Å²) in [7, 11) is 0. The van der Waals surface area contributed by atoms with E-state index in [2.05, 4.69) is 9.97 Å². The summed E-state index contributed by atoms with van der Waals surface area (Å²) in [5.74, 6) is 0. The van der Waals surface area contributed by atoms with E-state index in [9.17, 15) is 73.7 Å². The molecule has 1 heterocycles. The van der Waals surface area contributed by atoms with Crippen molar-refractivity contribution in [2.75, 3.05) is 0 Å². The van der Waals surface area contributed by atoms with Crippen LogP contribution in [0.3, 0.4) is 0 Å². The fraction of sp³-hybridized carbons (Fsp3) is 0.100. The molecule has 5 aromatic rings. The molecule has 18 heteroatoms. The summed E-state index contributed by atoms with van der Waals surface area (Å²) in [5, 5.41) is 39.7. The van der Waals surface area contributed by atoms with Gasteiger partial charge in [-0.2, -0.15) is 73.7 Å². The minimum atomic E-state index is -5.26. The number of alkyl halides is 12. The van der Waals surface area contributed by atoms with Gasteiger partial charge in [-0.1, -0.05) is 36.4 Å². The van der Waals surface area contributed by atoms with Gasteiger partial charge < -0.3 is 0 Å². The molecule has 58 heavy (non-hydrogen) atoms. The molecule has 0 aliphatic heterocycles. The number of nitriles is 4. The molecule has 0 amide bonds. The second kappa shape index (κ2) is 13.1. The van der Waals surface area contributed by atoms with Gasteiger partial charge in [0.2, 0.25) is 0 Å². The lowest BCUT2D eigenvalue weighted by molar-refractivity contribution is -0.144. The lowest BCUT2D eigenvalue weighted by Crippen LogP contribution is -2.12. The van der Waals surface area contributed by atoms with Gasteiger partial charge in [0.25, 0.3) is 0 Å². The summed E-state index contributed by atoms with van der Waals surface area (Å²) in [6, 6.07) is 15.6. The van der Waals surface area contributed by atoms with E-state index >= 15 is 0 Å². The van der Waals surface area contributed by atoms with E-state index in [0.717, 1.165) is 24.3 Å². The number of halogens is 12. The van der Waals surface area contributed by atoms with Crippen molar-refractivity contribution in [1.82, 2.24) is 9.97 Å². The van der Waals surface area contributed by atoms with Crippen LogP contribution in [0.5, 0.6) is 0 Å². The van der Waals surface area contributed by atoms with Gasteiger partial charge in [-0.3, -0.25) is 0 Å². The zero-order chi connectivity index (χ0) is 42.3. The van der Waals surface area contributed by atoms with Crippen molar-refractivity contribution in [2.24, 2.45) is 0 Å². The van der Waals surface area contributed by atoms with Crippen LogP contribution in [0.15, 0.2) is 83.9 Å². The van der Waals surface area contributed by atoms with Crippen molar-refractivity contribution >= 4 is 11.1 Å². The lowest BCUT2D eigenvalue weighted by Gasteiger charge is -2.17. The van der Waals surface area contributed by atoms with Gasteiger partial charge >= 0.3 is 24.7 Å². The van der Waals surface area contributed by atoms with E-state index in [1.54, 1.807) is 24.3 Å². The molecule has 0 spiro atoms. The van der Waals surface area contributed by atoms with Crippen LogP contribution >= 0.6 is 0 Å². The molecule has 0 saturated heterocycles. The Morgan fingerprint density at radius 1 is 0.379 bits per heavy atom. The fourth-order valence-corrected chi connectivity index (χ4v) is 6.86. The van der Waals surface area contributed by atoms with E-state index in [1.165, 1.54) is 12.1 Å². The third-order valence-electron chi connectivity index (χ3n) is 9.33. The smallest absolute Gasteiger partial charge is 0.243 e. The van der Waals surface area contributed by atoms with Crippen LogP contribution in [0, 0.1) is 45.3 Å². The van der Waals surface area contributed by atoms with Crippen molar-refractivity contribution in [3.63, 3.8) is 0 Å². The van der Waals surface area contributed by atoms with Crippen molar-refractivity contribution < 1.29 is 52.7 Å². The summed E-state index contributed by atoms with van der Waals surface area (Å²) >= 11 is 0. The summed E-state index contributed by atoms with van der Waals surface area (Å²) in [6.45, 7) is 0. The maximum atomic E-state index is 14.1. The number of rotatable bonds is 2. The SMILES string of the molecule is N#CC(C#N)=C1c2cc(-c3ccc(C(F)(F)F)cc3C(F)(F)F)ccc2-c2nc3c(nc21)-c1ccc(-c2ccc(C(F)(F)F)cc2C(F)(F)F)cc1C3=C(C#N)C#N. The normalized spacial score (nSPS) is 13.0. The molecule has 2 aliphatic carbocycles. The van der Waals surface area contributed by atoms with Crippen LogP contribution in [0.25, 0.3) is 55.9 Å². The zero-order valence-electron chi connectivity index (χ0n) is 28.1. The molecule has 6 nitrogen and oxygen atoms in total. The predicted octanol–water partition coefficient (Wildman–Crippen LogP) is 11.5. The average Bonchev–Trinajstić information content (AvgIpc) is 3.64. The Morgan fingerprint density at radius 2 is 0.707 bits per heavy atom. The van der Waals surface area contributed by atoms with Gasteiger partial charge in [-0.15, -0.1) is 0 Å². The summed E-state index contributed by atoms with van der Waals surface area (Å²) < 4.78 is 165. The minimum absolute atomic E-state index is 0.0542. The van der Waals surface area contributed by atoms with Gasteiger partial charge in [0.05, 0.1) is 33.6 Å². The molecule has 0 saturated carbocycles. The molecule has 7 rings (SSSR count). The fourth-order valence-electron chi connectivity index (χ4n) is 6.86. The largest absolute Gasteiger partial charge is 0.417 e. The van der Waals surface area contributed by atoms with Crippen LogP contribution < -0.4 is 0 Å². The van der Waals surface area contributed by atoms with Crippen molar-refractivity contribution in [3.8, 4) is 69.0 Å². The summed E-state index contributed by atoms with van der Waals surface area (Å²) in [6.07, 6.45) is -20.7. The van der Waals surface area contributed by atoms with Gasteiger partial charge in [0.1, 0.15) is 46.8 Å². The van der Waals surface area contributed by atoms with Crippen LogP contribution in [-0.4, -0.2) is 9.97 Å². The third-order valence-corrected chi connectivity index (χ3v) is 9.33. The Labute approximate surface area is 317 Å². The van der Waals surface area contributed by atoms with Crippen molar-refractivity contribution in [1.29, 1.82) is 21.0 Å². The number of nitrogens with zero attached hydrogens (tertiary/aromatic N) is 6. The maximum Gasteiger partial charge on any atom is 0.417 e. The first kappa shape index (κ1) is 38.8.